The van der Waals surface area contributed by atoms with E-state index < -0.39 is 5.60 Å². The van der Waals surface area contributed by atoms with Gasteiger partial charge in [-0.3, -0.25) is 4.79 Å². The van der Waals surface area contributed by atoms with Gasteiger partial charge in [0, 0.05) is 30.4 Å². The maximum absolute atomic E-state index is 12.1. The van der Waals surface area contributed by atoms with E-state index in [9.17, 15) is 9.90 Å². The number of aryl methyl sites for hydroxylation is 3. The number of aliphatic hydroxyl groups is 1. The lowest BCUT2D eigenvalue weighted by molar-refractivity contribution is -0.122. The normalized spacial score (nSPS) is 14.2. The van der Waals surface area contributed by atoms with Gasteiger partial charge in [0.25, 0.3) is 0 Å². The number of hydrogen-bond donors (Lipinski definition) is 2. The van der Waals surface area contributed by atoms with E-state index in [1.807, 2.05) is 45.2 Å². The largest absolute Gasteiger partial charge is 0.388 e. The molecule has 2 heterocycles. The van der Waals surface area contributed by atoms with Crippen molar-refractivity contribution < 1.29 is 9.90 Å². The smallest absolute Gasteiger partial charge is 0.220 e. The van der Waals surface area contributed by atoms with Gasteiger partial charge >= 0.3 is 0 Å². The van der Waals surface area contributed by atoms with Crippen molar-refractivity contribution in [2.24, 2.45) is 5.92 Å². The van der Waals surface area contributed by atoms with Crippen molar-refractivity contribution in [1.82, 2.24) is 19.9 Å². The topological polar surface area (TPSA) is 79.5 Å². The van der Waals surface area contributed by atoms with Crippen LogP contribution in [0.4, 0.5) is 0 Å². The Balaban J connectivity index is 2.04. The standard InChI is InChI=1S/C18H28N4O2/c1-11(2)18(6,24)10-19-17(23)8-7-15-13(4)20-16-9-12(3)21-22(16)14(15)5/h9,11,24H,7-8,10H2,1-6H3,(H,19,23). The molecule has 2 N–H and O–H groups in total. The van der Waals surface area contributed by atoms with Crippen molar-refractivity contribution in [3.8, 4) is 0 Å². The maximum atomic E-state index is 12.1. The van der Waals surface area contributed by atoms with Gasteiger partial charge < -0.3 is 10.4 Å². The first-order valence-corrected chi connectivity index (χ1v) is 8.43. The van der Waals surface area contributed by atoms with Gasteiger partial charge in [-0.2, -0.15) is 5.10 Å². The highest BCUT2D eigenvalue weighted by molar-refractivity contribution is 5.76. The van der Waals surface area contributed by atoms with Gasteiger partial charge in [0.05, 0.1) is 11.3 Å². The lowest BCUT2D eigenvalue weighted by Gasteiger charge is -2.27. The number of rotatable bonds is 6. The van der Waals surface area contributed by atoms with Crippen LogP contribution in [0.5, 0.6) is 0 Å². The van der Waals surface area contributed by atoms with Crippen molar-refractivity contribution in [2.45, 2.75) is 60.0 Å². The van der Waals surface area contributed by atoms with Crippen LogP contribution in [0.1, 0.15) is 49.8 Å². The first-order valence-electron chi connectivity index (χ1n) is 8.43. The van der Waals surface area contributed by atoms with Crippen LogP contribution >= 0.6 is 0 Å². The molecule has 0 saturated carbocycles. The van der Waals surface area contributed by atoms with Gasteiger partial charge in [0.2, 0.25) is 5.91 Å². The molecule has 1 atom stereocenters. The van der Waals surface area contributed by atoms with E-state index in [1.165, 1.54) is 0 Å². The number of fused-ring (bicyclic) bond motifs is 1. The Kier molecular flexibility index (Phi) is 5.28. The molecule has 2 aromatic rings. The van der Waals surface area contributed by atoms with Crippen LogP contribution in [0.25, 0.3) is 5.65 Å². The fourth-order valence-corrected chi connectivity index (χ4v) is 2.61. The van der Waals surface area contributed by atoms with Crippen LogP contribution in [-0.4, -0.2) is 37.8 Å². The van der Waals surface area contributed by atoms with E-state index in [-0.39, 0.29) is 18.4 Å². The number of nitrogens with one attached hydrogen (secondary N) is 1. The molecule has 0 aliphatic carbocycles. The fraction of sp³-hybridized carbons (Fsp3) is 0.611. The summed E-state index contributed by atoms with van der Waals surface area (Å²) < 4.78 is 1.83. The summed E-state index contributed by atoms with van der Waals surface area (Å²) in [5, 5.41) is 17.5. The minimum absolute atomic E-state index is 0.0635. The van der Waals surface area contributed by atoms with Crippen LogP contribution in [0.2, 0.25) is 0 Å². The number of amides is 1. The van der Waals surface area contributed by atoms with Crippen molar-refractivity contribution in [3.05, 3.63) is 28.7 Å². The molecular formula is C18H28N4O2. The summed E-state index contributed by atoms with van der Waals surface area (Å²) in [7, 11) is 0. The average molecular weight is 332 g/mol. The van der Waals surface area contributed by atoms with E-state index in [1.54, 1.807) is 6.92 Å². The van der Waals surface area contributed by atoms with Crippen LogP contribution < -0.4 is 5.32 Å². The molecule has 0 saturated heterocycles. The van der Waals surface area contributed by atoms with Crippen LogP contribution in [0, 0.1) is 26.7 Å². The summed E-state index contributed by atoms with van der Waals surface area (Å²) >= 11 is 0. The van der Waals surface area contributed by atoms with Gasteiger partial charge in [0.15, 0.2) is 5.65 Å². The number of carbonyl (C=O) groups is 1. The van der Waals surface area contributed by atoms with Crippen molar-refractivity contribution in [3.63, 3.8) is 0 Å². The molecular weight excluding hydrogens is 304 g/mol. The molecule has 2 aromatic heterocycles. The Labute approximate surface area is 143 Å². The number of hydrogen-bond acceptors (Lipinski definition) is 4. The third-order valence-electron chi connectivity index (χ3n) is 4.78. The summed E-state index contributed by atoms with van der Waals surface area (Å²) in [5.41, 5.74) is 3.87. The molecule has 0 bridgehead atoms. The summed E-state index contributed by atoms with van der Waals surface area (Å²) in [5.74, 6) is 0.0171. The zero-order valence-corrected chi connectivity index (χ0v) is 15.5. The SMILES string of the molecule is Cc1cc2nc(C)c(CCC(=O)NCC(C)(O)C(C)C)c(C)n2n1. The van der Waals surface area contributed by atoms with Crippen molar-refractivity contribution in [2.75, 3.05) is 6.54 Å². The van der Waals surface area contributed by atoms with Gasteiger partial charge in [-0.15, -0.1) is 0 Å². The van der Waals surface area contributed by atoms with E-state index in [2.05, 4.69) is 15.4 Å². The van der Waals surface area contributed by atoms with E-state index in [0.29, 0.717) is 12.8 Å². The highest BCUT2D eigenvalue weighted by atomic mass is 16.3. The third-order valence-corrected chi connectivity index (χ3v) is 4.78. The second-order valence-corrected chi connectivity index (χ2v) is 7.11. The average Bonchev–Trinajstić information content (AvgIpc) is 2.85. The number of carbonyl (C=O) groups excluding carboxylic acids is 1. The molecule has 1 amide bonds. The van der Waals surface area contributed by atoms with Crippen LogP contribution in [0.3, 0.4) is 0 Å². The highest BCUT2D eigenvalue weighted by Crippen LogP contribution is 2.17. The van der Waals surface area contributed by atoms with Gasteiger partial charge in [-0.05, 0) is 45.6 Å². The third kappa shape index (κ3) is 3.93. The molecule has 132 valence electrons. The zero-order chi connectivity index (χ0) is 18.1. The summed E-state index contributed by atoms with van der Waals surface area (Å²) in [6, 6.07) is 1.95. The van der Waals surface area contributed by atoms with Crippen molar-refractivity contribution >= 4 is 11.6 Å². The van der Waals surface area contributed by atoms with Gasteiger partial charge in [0.1, 0.15) is 0 Å². The number of aromatic nitrogens is 3. The minimum atomic E-state index is -0.894. The van der Waals surface area contributed by atoms with E-state index >= 15 is 0 Å². The summed E-state index contributed by atoms with van der Waals surface area (Å²) in [6.07, 6.45) is 0.971. The zero-order valence-electron chi connectivity index (χ0n) is 15.5. The quantitative estimate of drug-likeness (QED) is 0.849. The fourth-order valence-electron chi connectivity index (χ4n) is 2.61. The molecule has 6 heteroatoms. The summed E-state index contributed by atoms with van der Waals surface area (Å²) in [6.45, 7) is 11.8. The van der Waals surface area contributed by atoms with Gasteiger partial charge in [-0.25, -0.2) is 9.50 Å². The molecule has 24 heavy (non-hydrogen) atoms. The molecule has 6 nitrogen and oxygen atoms in total. The first kappa shape index (κ1) is 18.4. The lowest BCUT2D eigenvalue weighted by Crippen LogP contribution is -2.44. The molecule has 0 radical (unpaired) electrons. The second-order valence-electron chi connectivity index (χ2n) is 7.11. The first-order chi connectivity index (χ1) is 11.1. The Morgan fingerprint density at radius 3 is 2.67 bits per heavy atom. The monoisotopic (exact) mass is 332 g/mol. The molecule has 2 rings (SSSR count). The van der Waals surface area contributed by atoms with E-state index in [4.69, 9.17) is 0 Å². The molecule has 0 spiro atoms. The summed E-state index contributed by atoms with van der Waals surface area (Å²) in [4.78, 5) is 16.7. The molecule has 0 fully saturated rings. The molecule has 1 unspecified atom stereocenters. The molecule has 0 aromatic carbocycles. The predicted molar refractivity (Wildman–Crippen MR) is 94.0 cm³/mol. The Morgan fingerprint density at radius 2 is 2.04 bits per heavy atom. The van der Waals surface area contributed by atoms with E-state index in [0.717, 1.165) is 28.3 Å². The lowest BCUT2D eigenvalue weighted by atomic mass is 9.92. The van der Waals surface area contributed by atoms with Crippen molar-refractivity contribution in [1.29, 1.82) is 0 Å². The maximum Gasteiger partial charge on any atom is 0.220 e. The van der Waals surface area contributed by atoms with Crippen LogP contribution in [0.15, 0.2) is 6.07 Å². The van der Waals surface area contributed by atoms with Gasteiger partial charge in [-0.1, -0.05) is 13.8 Å². The minimum Gasteiger partial charge on any atom is -0.388 e. The molecule has 0 aliphatic heterocycles. The predicted octanol–water partition coefficient (Wildman–Crippen LogP) is 2.11. The second kappa shape index (κ2) is 6.89. The molecule has 0 aliphatic rings. The van der Waals surface area contributed by atoms with Crippen LogP contribution in [-0.2, 0) is 11.2 Å². The Bertz CT molecular complexity index is 747. The highest BCUT2D eigenvalue weighted by Gasteiger charge is 2.25. The Hall–Kier alpha value is -1.95. The number of nitrogens with zero attached hydrogens (tertiary/aromatic N) is 3. The Morgan fingerprint density at radius 1 is 1.38 bits per heavy atom.